The number of carbonyl (C=O) groups is 1. The molecule has 0 unspecified atom stereocenters. The van der Waals surface area contributed by atoms with Gasteiger partial charge in [0.05, 0.1) is 15.4 Å². The monoisotopic (exact) mass is 406 g/mol. The summed E-state index contributed by atoms with van der Waals surface area (Å²) in [5, 5.41) is 7.85. The van der Waals surface area contributed by atoms with Crippen LogP contribution >= 0.6 is 34.0 Å². The Morgan fingerprint density at radius 2 is 1.89 bits per heavy atom. The quantitative estimate of drug-likeness (QED) is 0.431. The van der Waals surface area contributed by atoms with Gasteiger partial charge in [0.1, 0.15) is 9.88 Å². The lowest BCUT2D eigenvalue weighted by Gasteiger charge is -2.04. The van der Waals surface area contributed by atoms with Gasteiger partial charge in [0.15, 0.2) is 0 Å². The van der Waals surface area contributed by atoms with Crippen molar-refractivity contribution >= 4 is 45.6 Å². The molecule has 132 valence electrons. The first-order valence-electron chi connectivity index (χ1n) is 8.17. The van der Waals surface area contributed by atoms with Gasteiger partial charge in [-0.3, -0.25) is 4.79 Å². The van der Waals surface area contributed by atoms with Gasteiger partial charge < -0.3 is 5.32 Å². The summed E-state index contributed by atoms with van der Waals surface area (Å²) in [6.07, 6.45) is 0. The molecule has 4 rings (SSSR count). The van der Waals surface area contributed by atoms with Crippen LogP contribution in [-0.2, 0) is 0 Å². The zero-order valence-corrected chi connectivity index (χ0v) is 16.8. The molecule has 0 fully saturated rings. The molecule has 1 amide bonds. The highest BCUT2D eigenvalue weighted by molar-refractivity contribution is 7.22. The van der Waals surface area contributed by atoms with E-state index >= 15 is 0 Å². The molecule has 1 aromatic carbocycles. The molecule has 6 heteroatoms. The first-order valence-corrected chi connectivity index (χ1v) is 10.7. The third kappa shape index (κ3) is 4.17. The number of thiazole rings is 1. The number of anilines is 1. The molecule has 27 heavy (non-hydrogen) atoms. The predicted octanol–water partition coefficient (Wildman–Crippen LogP) is 5.89. The van der Waals surface area contributed by atoms with E-state index in [1.165, 1.54) is 11.3 Å². The number of thiophene rings is 2. The second-order valence-electron chi connectivity index (χ2n) is 5.67. The van der Waals surface area contributed by atoms with E-state index in [0.29, 0.717) is 4.88 Å². The van der Waals surface area contributed by atoms with E-state index in [1.807, 2.05) is 66.2 Å². The smallest absolute Gasteiger partial charge is 0.267 e. The van der Waals surface area contributed by atoms with Crippen molar-refractivity contribution in [3.8, 4) is 21.7 Å². The molecule has 0 bridgehead atoms. The van der Waals surface area contributed by atoms with Gasteiger partial charge in [-0.2, -0.15) is 0 Å². The summed E-state index contributed by atoms with van der Waals surface area (Å²) in [6.45, 7) is 1.87. The standard InChI is InChI=1S/C21H14N2OS3/c1-14-19(27-21(22-14)18-8-4-12-26-18)20(24)23-16-6-2-5-15(13-16)9-10-17-7-3-11-25-17/h2-8,11-13H,1H3,(H,23,24). The number of aryl methyl sites for hydroxylation is 1. The van der Waals surface area contributed by atoms with Gasteiger partial charge in [-0.05, 0) is 48.0 Å². The number of rotatable bonds is 3. The maximum atomic E-state index is 12.7. The van der Waals surface area contributed by atoms with Crippen LogP contribution in [0.25, 0.3) is 9.88 Å². The Hall–Kier alpha value is -2.72. The third-order valence-corrected chi connectivity index (χ3v) is 6.69. The van der Waals surface area contributed by atoms with Crippen molar-refractivity contribution in [2.75, 3.05) is 5.32 Å². The summed E-state index contributed by atoms with van der Waals surface area (Å²) < 4.78 is 0. The van der Waals surface area contributed by atoms with Crippen LogP contribution in [0, 0.1) is 18.8 Å². The Kier molecular flexibility index (Phi) is 5.16. The van der Waals surface area contributed by atoms with Gasteiger partial charge in [0.25, 0.3) is 5.91 Å². The maximum absolute atomic E-state index is 12.7. The summed E-state index contributed by atoms with van der Waals surface area (Å²) >= 11 is 4.65. The third-order valence-electron chi connectivity index (χ3n) is 3.71. The minimum Gasteiger partial charge on any atom is -0.321 e. The van der Waals surface area contributed by atoms with Crippen LogP contribution in [-0.4, -0.2) is 10.9 Å². The van der Waals surface area contributed by atoms with Gasteiger partial charge in [0.2, 0.25) is 0 Å². The Labute approximate surface area is 169 Å². The van der Waals surface area contributed by atoms with Gasteiger partial charge in [-0.25, -0.2) is 4.98 Å². The topological polar surface area (TPSA) is 42.0 Å². The van der Waals surface area contributed by atoms with Gasteiger partial charge in [-0.15, -0.1) is 34.0 Å². The molecular formula is C21H14N2OS3. The lowest BCUT2D eigenvalue weighted by molar-refractivity contribution is 0.103. The normalized spacial score (nSPS) is 10.3. The lowest BCUT2D eigenvalue weighted by atomic mass is 10.2. The molecule has 4 aromatic rings. The molecule has 0 radical (unpaired) electrons. The average Bonchev–Trinajstić information content (AvgIpc) is 3.42. The van der Waals surface area contributed by atoms with Crippen LogP contribution < -0.4 is 5.32 Å². The molecule has 3 aromatic heterocycles. The summed E-state index contributed by atoms with van der Waals surface area (Å²) in [4.78, 5) is 20.0. The van der Waals surface area contributed by atoms with Crippen molar-refractivity contribution in [1.29, 1.82) is 0 Å². The SMILES string of the molecule is Cc1nc(-c2cccs2)sc1C(=O)Nc1cccc(C#Cc2cccs2)c1. The highest BCUT2D eigenvalue weighted by Crippen LogP contribution is 2.31. The fourth-order valence-electron chi connectivity index (χ4n) is 2.46. The zero-order valence-electron chi connectivity index (χ0n) is 14.4. The number of nitrogens with one attached hydrogen (secondary N) is 1. The van der Waals surface area contributed by atoms with Crippen LogP contribution in [0.5, 0.6) is 0 Å². The largest absolute Gasteiger partial charge is 0.321 e. The van der Waals surface area contributed by atoms with Crippen molar-refractivity contribution in [2.24, 2.45) is 0 Å². The number of hydrogen-bond donors (Lipinski definition) is 1. The molecule has 0 aliphatic rings. The molecule has 1 N–H and O–H groups in total. The first-order chi connectivity index (χ1) is 13.2. The summed E-state index contributed by atoms with van der Waals surface area (Å²) in [7, 11) is 0. The zero-order chi connectivity index (χ0) is 18.6. The van der Waals surface area contributed by atoms with E-state index < -0.39 is 0 Å². The average molecular weight is 407 g/mol. The van der Waals surface area contributed by atoms with Crippen molar-refractivity contribution in [1.82, 2.24) is 4.98 Å². The minimum atomic E-state index is -0.142. The van der Waals surface area contributed by atoms with Gasteiger partial charge >= 0.3 is 0 Å². The highest BCUT2D eigenvalue weighted by Gasteiger charge is 2.17. The fraction of sp³-hybridized carbons (Fsp3) is 0.0476. The molecule has 3 nitrogen and oxygen atoms in total. The van der Waals surface area contributed by atoms with Crippen LogP contribution in [0.3, 0.4) is 0 Å². The van der Waals surface area contributed by atoms with Crippen molar-refractivity contribution in [3.05, 3.63) is 80.3 Å². The summed E-state index contributed by atoms with van der Waals surface area (Å²) in [5.41, 5.74) is 2.33. The molecule has 0 atom stereocenters. The van der Waals surface area contributed by atoms with E-state index in [1.54, 1.807) is 22.7 Å². The number of benzene rings is 1. The molecular weight excluding hydrogens is 392 g/mol. The minimum absolute atomic E-state index is 0.142. The number of amides is 1. The van der Waals surface area contributed by atoms with E-state index in [9.17, 15) is 4.79 Å². The van der Waals surface area contributed by atoms with Crippen molar-refractivity contribution < 1.29 is 4.79 Å². The van der Waals surface area contributed by atoms with Crippen LogP contribution in [0.1, 0.15) is 25.8 Å². The Morgan fingerprint density at radius 3 is 2.67 bits per heavy atom. The molecule has 0 saturated carbocycles. The van der Waals surface area contributed by atoms with Crippen molar-refractivity contribution in [2.45, 2.75) is 6.92 Å². The Bertz CT molecular complexity index is 1130. The summed E-state index contributed by atoms with van der Waals surface area (Å²) in [6, 6.07) is 15.5. The number of hydrogen-bond acceptors (Lipinski definition) is 5. The van der Waals surface area contributed by atoms with E-state index in [-0.39, 0.29) is 5.91 Å². The molecule has 3 heterocycles. The van der Waals surface area contributed by atoms with E-state index in [4.69, 9.17) is 0 Å². The first kappa shape index (κ1) is 17.7. The van der Waals surface area contributed by atoms with E-state index in [0.717, 1.165) is 31.7 Å². The Balaban J connectivity index is 1.52. The predicted molar refractivity (Wildman–Crippen MR) is 115 cm³/mol. The highest BCUT2D eigenvalue weighted by atomic mass is 32.1. The number of aromatic nitrogens is 1. The molecule has 0 saturated heterocycles. The van der Waals surface area contributed by atoms with Gasteiger partial charge in [-0.1, -0.05) is 30.0 Å². The molecule has 0 spiro atoms. The number of carbonyl (C=O) groups excluding carboxylic acids is 1. The van der Waals surface area contributed by atoms with Gasteiger partial charge in [0, 0.05) is 11.3 Å². The van der Waals surface area contributed by atoms with Crippen LogP contribution in [0.4, 0.5) is 5.69 Å². The number of nitrogens with zero attached hydrogens (tertiary/aromatic N) is 1. The lowest BCUT2D eigenvalue weighted by Crippen LogP contribution is -2.11. The Morgan fingerprint density at radius 1 is 1.04 bits per heavy atom. The maximum Gasteiger partial charge on any atom is 0.267 e. The van der Waals surface area contributed by atoms with E-state index in [2.05, 4.69) is 22.1 Å². The second kappa shape index (κ2) is 7.89. The molecule has 0 aliphatic carbocycles. The second-order valence-corrected chi connectivity index (χ2v) is 8.57. The summed E-state index contributed by atoms with van der Waals surface area (Å²) in [5.74, 6) is 6.12. The van der Waals surface area contributed by atoms with Crippen LogP contribution in [0.2, 0.25) is 0 Å². The van der Waals surface area contributed by atoms with Crippen molar-refractivity contribution in [3.63, 3.8) is 0 Å². The molecule has 0 aliphatic heterocycles. The van der Waals surface area contributed by atoms with Crippen LogP contribution in [0.15, 0.2) is 59.3 Å². The fourth-order valence-corrected chi connectivity index (χ4v) is 4.79.